The maximum Gasteiger partial charge on any atom is 0.217 e. The van der Waals surface area contributed by atoms with Crippen LogP contribution in [-0.4, -0.2) is 63.1 Å². The molecule has 0 aliphatic carbocycles. The van der Waals surface area contributed by atoms with Crippen LogP contribution in [0, 0.1) is 0 Å². The minimum absolute atomic E-state index is 0.109. The Morgan fingerprint density at radius 2 is 2.18 bits per heavy atom. The molecule has 2 atom stereocenters. The molecular formula is C20H28N4O3S. The van der Waals surface area contributed by atoms with Crippen LogP contribution in [-0.2, 0) is 16.1 Å². The van der Waals surface area contributed by atoms with Crippen molar-refractivity contribution in [1.82, 2.24) is 20.4 Å². The lowest BCUT2D eigenvalue weighted by molar-refractivity contribution is -0.208. The predicted octanol–water partition coefficient (Wildman–Crippen LogP) is 2.15. The van der Waals surface area contributed by atoms with Crippen molar-refractivity contribution in [2.75, 3.05) is 19.7 Å². The number of hydrogen-bond donors (Lipinski definition) is 3. The van der Waals surface area contributed by atoms with E-state index in [4.69, 9.17) is 4.74 Å². The molecule has 2 aromatic rings. The molecule has 1 spiro atoms. The summed E-state index contributed by atoms with van der Waals surface area (Å²) in [5.41, 5.74) is -0.147. The highest BCUT2D eigenvalue weighted by Crippen LogP contribution is 2.40. The zero-order valence-electron chi connectivity index (χ0n) is 16.4. The molecule has 4 heterocycles. The quantitative estimate of drug-likeness (QED) is 0.726. The second-order valence-corrected chi connectivity index (χ2v) is 9.35. The van der Waals surface area contributed by atoms with Crippen molar-refractivity contribution in [3.8, 4) is 10.6 Å². The maximum absolute atomic E-state index is 11.6. The number of carbonyl (C=O) groups is 1. The molecule has 2 saturated heterocycles. The highest BCUT2D eigenvalue weighted by Gasteiger charge is 2.53. The van der Waals surface area contributed by atoms with Crippen LogP contribution < -0.4 is 5.32 Å². The lowest BCUT2D eigenvalue weighted by atomic mass is 9.73. The molecule has 0 aromatic carbocycles. The lowest BCUT2D eigenvalue weighted by Gasteiger charge is -2.53. The second-order valence-electron chi connectivity index (χ2n) is 8.18. The molecule has 8 heteroatoms. The Hall–Kier alpha value is -1.74. The van der Waals surface area contributed by atoms with Crippen molar-refractivity contribution in [3.05, 3.63) is 29.3 Å². The van der Waals surface area contributed by atoms with Crippen molar-refractivity contribution >= 4 is 17.2 Å². The number of aromatic nitrogens is 2. The summed E-state index contributed by atoms with van der Waals surface area (Å²) in [6.45, 7) is 6.62. The number of piperidine rings is 1. The van der Waals surface area contributed by atoms with Gasteiger partial charge in [0.25, 0.3) is 0 Å². The summed E-state index contributed by atoms with van der Waals surface area (Å²) < 4.78 is 6.11. The van der Waals surface area contributed by atoms with Gasteiger partial charge in [-0.3, -0.25) is 14.8 Å². The molecule has 2 fully saturated rings. The van der Waals surface area contributed by atoms with E-state index in [1.807, 2.05) is 13.0 Å². The minimum atomic E-state index is -0.700. The zero-order valence-corrected chi connectivity index (χ0v) is 17.2. The van der Waals surface area contributed by atoms with Gasteiger partial charge in [0.2, 0.25) is 5.91 Å². The van der Waals surface area contributed by atoms with E-state index in [0.717, 1.165) is 38.2 Å². The summed E-state index contributed by atoms with van der Waals surface area (Å²) in [6, 6.07) is 6.28. The minimum Gasteiger partial charge on any atom is -0.388 e. The van der Waals surface area contributed by atoms with E-state index in [2.05, 4.69) is 32.5 Å². The van der Waals surface area contributed by atoms with E-state index in [9.17, 15) is 9.90 Å². The van der Waals surface area contributed by atoms with Gasteiger partial charge in [-0.15, -0.1) is 11.3 Å². The standard InChI is InChI=1S/C20H28N4O3S/c1-14(25)22-19(2)8-12-27-20(18(19)26)6-10-24(11-7-20)13-15-3-4-17(28-15)16-5-9-21-23-16/h3-5,9,18,26H,6-8,10-13H2,1-2H3,(H,21,23)(H,22,25)/t18-,19+/m0/s1. The highest BCUT2D eigenvalue weighted by molar-refractivity contribution is 7.15. The van der Waals surface area contributed by atoms with Gasteiger partial charge in [0, 0.05) is 44.2 Å². The molecule has 2 aliphatic heterocycles. The third kappa shape index (κ3) is 3.74. The summed E-state index contributed by atoms with van der Waals surface area (Å²) >= 11 is 1.78. The van der Waals surface area contributed by atoms with Crippen molar-refractivity contribution in [2.45, 2.75) is 56.9 Å². The largest absolute Gasteiger partial charge is 0.388 e. The van der Waals surface area contributed by atoms with Gasteiger partial charge in [0.1, 0.15) is 6.10 Å². The van der Waals surface area contributed by atoms with Gasteiger partial charge in [-0.05, 0) is 44.4 Å². The maximum atomic E-state index is 11.6. The SMILES string of the molecule is CC(=O)N[C@]1(C)CCOC2(CCN(Cc3ccc(-c4ccn[nH]4)s3)CC2)[C@H]1O. The Bertz CT molecular complexity index is 813. The predicted molar refractivity (Wildman–Crippen MR) is 108 cm³/mol. The fourth-order valence-corrected chi connectivity index (χ4v) is 5.55. The number of hydrogen-bond acceptors (Lipinski definition) is 6. The fraction of sp³-hybridized carbons (Fsp3) is 0.600. The zero-order chi connectivity index (χ0) is 19.8. The van der Waals surface area contributed by atoms with Crippen molar-refractivity contribution in [3.63, 3.8) is 0 Å². The van der Waals surface area contributed by atoms with Gasteiger partial charge in [-0.2, -0.15) is 5.10 Å². The van der Waals surface area contributed by atoms with Crippen LogP contribution in [0.3, 0.4) is 0 Å². The number of amides is 1. The number of likely N-dealkylation sites (tertiary alicyclic amines) is 1. The number of H-pyrrole nitrogens is 1. The number of rotatable bonds is 4. The average Bonchev–Trinajstić information content (AvgIpc) is 3.33. The molecule has 1 amide bonds. The van der Waals surface area contributed by atoms with Crippen LogP contribution in [0.2, 0.25) is 0 Å². The van der Waals surface area contributed by atoms with Crippen LogP contribution in [0.15, 0.2) is 24.4 Å². The smallest absolute Gasteiger partial charge is 0.217 e. The van der Waals surface area contributed by atoms with Crippen LogP contribution in [0.25, 0.3) is 10.6 Å². The summed E-state index contributed by atoms with van der Waals surface area (Å²) in [5.74, 6) is -0.109. The molecule has 0 radical (unpaired) electrons. The second kappa shape index (κ2) is 7.59. The number of carbonyl (C=O) groups excluding carboxylic acids is 1. The third-order valence-electron chi connectivity index (χ3n) is 6.08. The summed E-state index contributed by atoms with van der Waals surface area (Å²) in [6.07, 6.45) is 3.23. The number of aromatic amines is 1. The molecule has 2 aromatic heterocycles. The lowest BCUT2D eigenvalue weighted by Crippen LogP contribution is -2.69. The van der Waals surface area contributed by atoms with E-state index in [-0.39, 0.29) is 5.91 Å². The van der Waals surface area contributed by atoms with Gasteiger partial charge in [-0.25, -0.2) is 0 Å². The Balaban J connectivity index is 1.38. The fourth-order valence-electron chi connectivity index (χ4n) is 4.52. The Labute approximate surface area is 169 Å². The number of aliphatic hydroxyl groups is 1. The van der Waals surface area contributed by atoms with Crippen LogP contribution in [0.5, 0.6) is 0 Å². The molecule has 7 nitrogen and oxygen atoms in total. The number of aliphatic hydroxyl groups excluding tert-OH is 1. The van der Waals surface area contributed by atoms with Crippen molar-refractivity contribution < 1.29 is 14.6 Å². The van der Waals surface area contributed by atoms with Crippen LogP contribution in [0.1, 0.15) is 38.0 Å². The number of nitrogens with one attached hydrogen (secondary N) is 2. The Morgan fingerprint density at radius 3 is 2.86 bits per heavy atom. The highest BCUT2D eigenvalue weighted by atomic mass is 32.1. The monoisotopic (exact) mass is 404 g/mol. The van der Waals surface area contributed by atoms with E-state index >= 15 is 0 Å². The summed E-state index contributed by atoms with van der Waals surface area (Å²) in [7, 11) is 0. The van der Waals surface area contributed by atoms with Gasteiger partial charge >= 0.3 is 0 Å². The van der Waals surface area contributed by atoms with E-state index < -0.39 is 17.2 Å². The van der Waals surface area contributed by atoms with Gasteiger partial charge in [0.05, 0.1) is 21.7 Å². The molecule has 152 valence electrons. The van der Waals surface area contributed by atoms with Gasteiger partial charge in [-0.1, -0.05) is 0 Å². The van der Waals surface area contributed by atoms with Gasteiger partial charge < -0.3 is 15.2 Å². The van der Waals surface area contributed by atoms with E-state index in [1.54, 1.807) is 17.5 Å². The molecule has 2 aliphatic rings. The van der Waals surface area contributed by atoms with Crippen molar-refractivity contribution in [1.29, 1.82) is 0 Å². The molecule has 0 bridgehead atoms. The Kier molecular flexibility index (Phi) is 5.30. The first kappa shape index (κ1) is 19.6. The first-order valence-corrected chi connectivity index (χ1v) is 10.6. The Morgan fingerprint density at radius 1 is 1.39 bits per heavy atom. The number of nitrogens with zero attached hydrogens (tertiary/aromatic N) is 2. The number of ether oxygens (including phenoxy) is 1. The molecule has 28 heavy (non-hydrogen) atoms. The van der Waals surface area contributed by atoms with Crippen LogP contribution >= 0.6 is 11.3 Å². The third-order valence-corrected chi connectivity index (χ3v) is 7.19. The first-order chi connectivity index (χ1) is 13.4. The molecule has 0 unspecified atom stereocenters. The molecular weight excluding hydrogens is 376 g/mol. The molecule has 4 rings (SSSR count). The average molecular weight is 405 g/mol. The topological polar surface area (TPSA) is 90.5 Å². The summed E-state index contributed by atoms with van der Waals surface area (Å²) in [5, 5.41) is 21.1. The molecule has 0 saturated carbocycles. The first-order valence-electron chi connectivity index (χ1n) is 9.82. The molecule has 3 N–H and O–H groups in total. The number of thiophene rings is 1. The van der Waals surface area contributed by atoms with E-state index in [0.29, 0.717) is 13.0 Å². The van der Waals surface area contributed by atoms with Crippen LogP contribution in [0.4, 0.5) is 0 Å². The normalized spacial score (nSPS) is 27.8. The van der Waals surface area contributed by atoms with E-state index in [1.165, 1.54) is 16.7 Å². The summed E-state index contributed by atoms with van der Waals surface area (Å²) in [4.78, 5) is 16.5. The van der Waals surface area contributed by atoms with Gasteiger partial charge in [0.15, 0.2) is 0 Å². The van der Waals surface area contributed by atoms with Crippen molar-refractivity contribution in [2.24, 2.45) is 0 Å².